The number of morpholine rings is 1. The Labute approximate surface area is 226 Å². The minimum Gasteiger partial charge on any atom is -0.545 e. The van der Waals surface area contributed by atoms with E-state index in [-0.39, 0.29) is 5.57 Å². The molecule has 200 valence electrons. The van der Waals surface area contributed by atoms with Gasteiger partial charge in [-0.15, -0.1) is 0 Å². The summed E-state index contributed by atoms with van der Waals surface area (Å²) in [4.78, 5) is 22.8. The zero-order valence-corrected chi connectivity index (χ0v) is 21.5. The van der Waals surface area contributed by atoms with Gasteiger partial charge in [-0.05, 0) is 48.9 Å². The summed E-state index contributed by atoms with van der Waals surface area (Å²) in [6.45, 7) is 8.29. The maximum Gasteiger partial charge on any atom is 0.141 e. The average Bonchev–Trinajstić information content (AvgIpc) is 2.97. The van der Waals surface area contributed by atoms with E-state index in [2.05, 4.69) is 26.8 Å². The predicted octanol–water partition coefficient (Wildman–Crippen LogP) is 4.03. The second-order valence-electron chi connectivity index (χ2n) is 9.07. The van der Waals surface area contributed by atoms with Gasteiger partial charge in [0.2, 0.25) is 0 Å². The molecule has 9 heteroatoms. The highest BCUT2D eigenvalue weighted by Crippen LogP contribution is 2.33. The first kappa shape index (κ1) is 26.1. The van der Waals surface area contributed by atoms with Gasteiger partial charge in [-0.25, -0.2) is 9.97 Å². The molecule has 0 amide bonds. The molecule has 0 aliphatic carbocycles. The Morgan fingerprint density at radius 2 is 1.77 bits per heavy atom. The molecular formula is C30H29N4O5-. The van der Waals surface area contributed by atoms with Crippen molar-refractivity contribution >= 4 is 34.0 Å². The first-order valence-corrected chi connectivity index (χ1v) is 12.8. The molecule has 0 radical (unpaired) electrons. The van der Waals surface area contributed by atoms with E-state index in [1.165, 1.54) is 6.33 Å². The summed E-state index contributed by atoms with van der Waals surface area (Å²) < 4.78 is 17.3. The highest BCUT2D eigenvalue weighted by molar-refractivity contribution is 6.15. The van der Waals surface area contributed by atoms with Crippen LogP contribution in [0.4, 0.5) is 11.5 Å². The lowest BCUT2D eigenvalue weighted by atomic mass is 10.0. The summed E-state index contributed by atoms with van der Waals surface area (Å²) in [6, 6.07) is 20.4. The van der Waals surface area contributed by atoms with Gasteiger partial charge in [0.25, 0.3) is 0 Å². The predicted molar refractivity (Wildman–Crippen MR) is 147 cm³/mol. The molecule has 39 heavy (non-hydrogen) atoms. The summed E-state index contributed by atoms with van der Waals surface area (Å²) >= 11 is 0. The fourth-order valence-corrected chi connectivity index (χ4v) is 4.31. The van der Waals surface area contributed by atoms with Crippen LogP contribution in [0.3, 0.4) is 0 Å². The molecular weight excluding hydrogens is 496 g/mol. The number of carbonyl (C=O) groups is 1. The van der Waals surface area contributed by atoms with Crippen molar-refractivity contribution in [2.75, 3.05) is 44.8 Å². The molecule has 1 N–H and O–H groups in total. The Kier molecular flexibility index (Phi) is 8.30. The van der Waals surface area contributed by atoms with Crippen LogP contribution in [0.15, 0.2) is 79.6 Å². The number of benzene rings is 3. The van der Waals surface area contributed by atoms with Gasteiger partial charge >= 0.3 is 0 Å². The van der Waals surface area contributed by atoms with Gasteiger partial charge in [0.05, 0.1) is 31.3 Å². The number of anilines is 2. The van der Waals surface area contributed by atoms with E-state index in [9.17, 15) is 9.90 Å². The van der Waals surface area contributed by atoms with Crippen LogP contribution >= 0.6 is 0 Å². The summed E-state index contributed by atoms with van der Waals surface area (Å²) in [5.74, 6) is 0.990. The molecule has 0 saturated carbocycles. The molecule has 1 aliphatic heterocycles. The topological polar surface area (TPSA) is 109 Å². The quantitative estimate of drug-likeness (QED) is 0.229. The van der Waals surface area contributed by atoms with Crippen molar-refractivity contribution in [1.29, 1.82) is 0 Å². The van der Waals surface area contributed by atoms with Gasteiger partial charge < -0.3 is 29.4 Å². The van der Waals surface area contributed by atoms with Gasteiger partial charge in [0, 0.05) is 47.9 Å². The van der Waals surface area contributed by atoms with Crippen LogP contribution in [0.2, 0.25) is 0 Å². The number of fused-ring (bicyclic) bond motifs is 1. The molecule has 3 aromatic carbocycles. The van der Waals surface area contributed by atoms with Gasteiger partial charge in [0.1, 0.15) is 29.4 Å². The lowest BCUT2D eigenvalue weighted by Gasteiger charge is -2.26. The largest absolute Gasteiger partial charge is 0.545 e. The van der Waals surface area contributed by atoms with Crippen LogP contribution in [0.5, 0.6) is 17.2 Å². The number of aromatic nitrogens is 2. The zero-order chi connectivity index (χ0) is 27.0. The van der Waals surface area contributed by atoms with Crippen molar-refractivity contribution in [3.05, 3.63) is 85.2 Å². The van der Waals surface area contributed by atoms with E-state index in [1.54, 1.807) is 12.1 Å². The van der Waals surface area contributed by atoms with Crippen molar-refractivity contribution in [1.82, 2.24) is 14.9 Å². The fraction of sp³-hybridized carbons (Fsp3) is 0.233. The zero-order valence-electron chi connectivity index (χ0n) is 21.5. The van der Waals surface area contributed by atoms with E-state index >= 15 is 0 Å². The second-order valence-corrected chi connectivity index (χ2v) is 9.07. The number of nitrogens with zero attached hydrogens (tertiary/aromatic N) is 3. The van der Waals surface area contributed by atoms with Crippen LogP contribution in [0, 0.1) is 0 Å². The van der Waals surface area contributed by atoms with Crippen molar-refractivity contribution in [2.45, 2.75) is 6.42 Å². The SMILES string of the molecule is C=C(C(=O)[O-])c1cc2c(Nc3ccc(Oc4ccccc4)cc3)ncnc2cc1OCCCN1CCOCC1. The van der Waals surface area contributed by atoms with E-state index in [4.69, 9.17) is 14.2 Å². The minimum absolute atomic E-state index is 0.169. The highest BCUT2D eigenvalue weighted by atomic mass is 16.5. The smallest absolute Gasteiger partial charge is 0.141 e. The van der Waals surface area contributed by atoms with Crippen molar-refractivity contribution < 1.29 is 24.1 Å². The molecule has 2 heterocycles. The van der Waals surface area contributed by atoms with Gasteiger partial charge in [-0.3, -0.25) is 4.90 Å². The van der Waals surface area contributed by atoms with Gasteiger partial charge in [-0.2, -0.15) is 0 Å². The van der Waals surface area contributed by atoms with E-state index in [1.807, 2.05) is 54.6 Å². The normalized spacial score (nSPS) is 13.6. The molecule has 9 nitrogen and oxygen atoms in total. The number of aliphatic carboxylic acids is 1. The molecule has 0 spiro atoms. The van der Waals surface area contributed by atoms with Crippen molar-refractivity contribution in [3.63, 3.8) is 0 Å². The van der Waals surface area contributed by atoms with Crippen LogP contribution in [0.25, 0.3) is 16.5 Å². The molecule has 0 bridgehead atoms. The van der Waals surface area contributed by atoms with Gasteiger partial charge in [-0.1, -0.05) is 24.8 Å². The Morgan fingerprint density at radius 1 is 1.03 bits per heavy atom. The molecule has 1 aliphatic rings. The van der Waals surface area contributed by atoms with Crippen molar-refractivity contribution in [3.8, 4) is 17.2 Å². The average molecular weight is 526 g/mol. The summed E-state index contributed by atoms with van der Waals surface area (Å²) in [5, 5.41) is 15.6. The Hall–Kier alpha value is -4.47. The molecule has 0 atom stereocenters. The fourth-order valence-electron chi connectivity index (χ4n) is 4.31. The summed E-state index contributed by atoms with van der Waals surface area (Å²) in [6.07, 6.45) is 2.24. The number of hydrogen-bond donors (Lipinski definition) is 1. The lowest BCUT2D eigenvalue weighted by Crippen LogP contribution is -2.37. The highest BCUT2D eigenvalue weighted by Gasteiger charge is 2.15. The second kappa shape index (κ2) is 12.4. The van der Waals surface area contributed by atoms with Crippen molar-refractivity contribution in [2.24, 2.45) is 0 Å². The molecule has 1 fully saturated rings. The number of carbonyl (C=O) groups excluding carboxylic acids is 1. The number of carboxylic acids is 1. The number of nitrogens with one attached hydrogen (secondary N) is 1. The van der Waals surface area contributed by atoms with Crippen LogP contribution in [-0.4, -0.2) is 60.3 Å². The summed E-state index contributed by atoms with van der Waals surface area (Å²) in [5.41, 5.74) is 1.55. The number of para-hydroxylation sites is 1. The monoisotopic (exact) mass is 525 g/mol. The van der Waals surface area contributed by atoms with Crippen LogP contribution in [-0.2, 0) is 9.53 Å². The molecule has 1 saturated heterocycles. The lowest BCUT2D eigenvalue weighted by molar-refractivity contribution is -0.295. The Morgan fingerprint density at radius 3 is 2.51 bits per heavy atom. The molecule has 5 rings (SSSR count). The molecule has 0 unspecified atom stereocenters. The standard InChI is InChI=1S/C30H30N4O5/c1-21(30(35)36)25-18-26-27(19-28(25)38-15-5-12-34-13-16-37-17-14-34)31-20-32-29(26)33-22-8-10-24(11-9-22)39-23-6-3-2-4-7-23/h2-4,6-11,18-20H,1,5,12-17H2,(H,35,36)(H,31,32,33)/p-1. The van der Waals surface area contributed by atoms with E-state index < -0.39 is 5.97 Å². The molecule has 1 aromatic heterocycles. The first-order valence-electron chi connectivity index (χ1n) is 12.8. The Bertz CT molecular complexity index is 1440. The maximum atomic E-state index is 11.7. The third-order valence-electron chi connectivity index (χ3n) is 6.38. The van der Waals surface area contributed by atoms with E-state index in [0.29, 0.717) is 40.4 Å². The summed E-state index contributed by atoms with van der Waals surface area (Å²) in [7, 11) is 0. The minimum atomic E-state index is -1.37. The van der Waals surface area contributed by atoms with E-state index in [0.717, 1.165) is 50.7 Å². The van der Waals surface area contributed by atoms with Crippen LogP contribution in [0.1, 0.15) is 12.0 Å². The maximum absolute atomic E-state index is 11.7. The third kappa shape index (κ3) is 6.70. The number of hydrogen-bond acceptors (Lipinski definition) is 9. The van der Waals surface area contributed by atoms with Crippen LogP contribution < -0.4 is 19.9 Å². The number of rotatable bonds is 11. The molecule has 4 aromatic rings. The third-order valence-corrected chi connectivity index (χ3v) is 6.38. The first-order chi connectivity index (χ1) is 19.1. The number of carboxylic acid groups (broad SMARTS) is 1. The number of ether oxygens (including phenoxy) is 3. The van der Waals surface area contributed by atoms with Gasteiger partial charge in [0.15, 0.2) is 0 Å². The Balaban J connectivity index is 1.33.